The molecule has 4 heteroatoms. The first-order chi connectivity index (χ1) is 11.0. The lowest BCUT2D eigenvalue weighted by atomic mass is 9.95. The maximum atomic E-state index is 12.6. The molecule has 1 N–H and O–H groups in total. The molecule has 0 bridgehead atoms. The van der Waals surface area contributed by atoms with Crippen molar-refractivity contribution in [1.29, 1.82) is 0 Å². The molecule has 1 fully saturated rings. The van der Waals surface area contributed by atoms with Crippen LogP contribution < -0.4 is 5.32 Å². The molecule has 0 aliphatic carbocycles. The average Bonchev–Trinajstić information content (AvgIpc) is 3.15. The van der Waals surface area contributed by atoms with Gasteiger partial charge in [-0.25, -0.2) is 0 Å². The fraction of sp³-hybridized carbons (Fsp3) is 0.526. The van der Waals surface area contributed by atoms with Gasteiger partial charge in [-0.2, -0.15) is 0 Å². The lowest BCUT2D eigenvalue weighted by Gasteiger charge is -2.23. The van der Waals surface area contributed by atoms with Gasteiger partial charge in [0, 0.05) is 30.6 Å². The predicted molar refractivity (Wildman–Crippen MR) is 92.8 cm³/mol. The Kier molecular flexibility index (Phi) is 4.44. The SMILES string of the molecule is Cc1cc2occ(CC(=O)N(C)C3CCNC3)c2cc1C(C)C. The Balaban J connectivity index is 1.85. The van der Waals surface area contributed by atoms with E-state index in [1.807, 2.05) is 11.9 Å². The third-order valence-corrected chi connectivity index (χ3v) is 4.98. The standard InChI is InChI=1S/C19H26N2O2/c1-12(2)16-9-17-14(11-23-18(17)7-13(16)3)8-19(22)21(4)15-5-6-20-10-15/h7,9,11-12,15,20H,5-6,8,10H2,1-4H3. The molecule has 1 aliphatic heterocycles. The summed E-state index contributed by atoms with van der Waals surface area (Å²) >= 11 is 0. The van der Waals surface area contributed by atoms with Crippen molar-refractivity contribution in [2.24, 2.45) is 0 Å². The number of nitrogens with zero attached hydrogens (tertiary/aromatic N) is 1. The van der Waals surface area contributed by atoms with E-state index in [2.05, 4.69) is 38.2 Å². The van der Waals surface area contributed by atoms with E-state index in [9.17, 15) is 4.79 Å². The highest BCUT2D eigenvalue weighted by Gasteiger charge is 2.24. The van der Waals surface area contributed by atoms with Gasteiger partial charge in [-0.05, 0) is 49.1 Å². The van der Waals surface area contributed by atoms with Crippen molar-refractivity contribution in [1.82, 2.24) is 10.2 Å². The van der Waals surface area contributed by atoms with E-state index < -0.39 is 0 Å². The number of amides is 1. The number of carbonyl (C=O) groups excluding carboxylic acids is 1. The molecule has 1 aromatic heterocycles. The van der Waals surface area contributed by atoms with Crippen LogP contribution in [0.4, 0.5) is 0 Å². The number of carbonyl (C=O) groups is 1. The lowest BCUT2D eigenvalue weighted by Crippen LogP contribution is -2.39. The topological polar surface area (TPSA) is 45.5 Å². The van der Waals surface area contributed by atoms with Gasteiger partial charge in [0.2, 0.25) is 5.91 Å². The van der Waals surface area contributed by atoms with Gasteiger partial charge < -0.3 is 14.6 Å². The first-order valence-corrected chi connectivity index (χ1v) is 8.44. The lowest BCUT2D eigenvalue weighted by molar-refractivity contribution is -0.130. The molecule has 2 heterocycles. The molecule has 4 nitrogen and oxygen atoms in total. The third-order valence-electron chi connectivity index (χ3n) is 4.98. The highest BCUT2D eigenvalue weighted by atomic mass is 16.3. The number of fused-ring (bicyclic) bond motifs is 1. The minimum absolute atomic E-state index is 0.160. The van der Waals surface area contributed by atoms with Crippen LogP contribution in [0.25, 0.3) is 11.0 Å². The van der Waals surface area contributed by atoms with E-state index in [4.69, 9.17) is 4.42 Å². The molecule has 1 amide bonds. The maximum absolute atomic E-state index is 12.6. The van der Waals surface area contributed by atoms with Crippen molar-refractivity contribution in [3.05, 3.63) is 35.1 Å². The van der Waals surface area contributed by atoms with Gasteiger partial charge in [0.05, 0.1) is 12.7 Å². The molecular formula is C19H26N2O2. The summed E-state index contributed by atoms with van der Waals surface area (Å²) in [5.41, 5.74) is 4.43. The van der Waals surface area contributed by atoms with Gasteiger partial charge in [0.15, 0.2) is 0 Å². The highest BCUT2D eigenvalue weighted by Crippen LogP contribution is 2.29. The maximum Gasteiger partial charge on any atom is 0.227 e. The van der Waals surface area contributed by atoms with Crippen molar-refractivity contribution in [2.75, 3.05) is 20.1 Å². The average molecular weight is 314 g/mol. The van der Waals surface area contributed by atoms with Crippen molar-refractivity contribution < 1.29 is 9.21 Å². The molecule has 124 valence electrons. The van der Waals surface area contributed by atoms with Crippen LogP contribution in [0.2, 0.25) is 0 Å². The van der Waals surface area contributed by atoms with E-state index in [1.165, 1.54) is 11.1 Å². The Hall–Kier alpha value is -1.81. The van der Waals surface area contributed by atoms with E-state index in [-0.39, 0.29) is 5.91 Å². The highest BCUT2D eigenvalue weighted by molar-refractivity contribution is 5.88. The molecule has 0 spiro atoms. The van der Waals surface area contributed by atoms with E-state index in [0.717, 1.165) is 36.0 Å². The van der Waals surface area contributed by atoms with Crippen molar-refractivity contribution >= 4 is 16.9 Å². The molecule has 23 heavy (non-hydrogen) atoms. The summed E-state index contributed by atoms with van der Waals surface area (Å²) in [5.74, 6) is 0.623. The van der Waals surface area contributed by atoms with Crippen LogP contribution in [0.1, 0.15) is 42.9 Å². The van der Waals surface area contributed by atoms with Crippen LogP contribution in [0.15, 0.2) is 22.8 Å². The van der Waals surface area contributed by atoms with Crippen LogP contribution in [0.5, 0.6) is 0 Å². The minimum atomic E-state index is 0.160. The number of benzene rings is 1. The number of hydrogen-bond donors (Lipinski definition) is 1. The second kappa shape index (κ2) is 6.36. The molecule has 1 aliphatic rings. The molecular weight excluding hydrogens is 288 g/mol. The van der Waals surface area contributed by atoms with Gasteiger partial charge in [0.25, 0.3) is 0 Å². The Morgan fingerprint density at radius 2 is 2.22 bits per heavy atom. The number of nitrogens with one attached hydrogen (secondary N) is 1. The quantitative estimate of drug-likeness (QED) is 0.942. The van der Waals surface area contributed by atoms with Crippen molar-refractivity contribution in [3.8, 4) is 0 Å². The van der Waals surface area contributed by atoms with E-state index >= 15 is 0 Å². The number of aryl methyl sites for hydroxylation is 1. The zero-order valence-corrected chi connectivity index (χ0v) is 14.5. The van der Waals surface area contributed by atoms with Gasteiger partial charge in [-0.1, -0.05) is 13.8 Å². The van der Waals surface area contributed by atoms with E-state index in [0.29, 0.717) is 18.4 Å². The number of furan rings is 1. The fourth-order valence-electron chi connectivity index (χ4n) is 3.46. The van der Waals surface area contributed by atoms with Gasteiger partial charge in [0.1, 0.15) is 5.58 Å². The number of hydrogen-bond acceptors (Lipinski definition) is 3. The predicted octanol–water partition coefficient (Wildman–Crippen LogP) is 3.23. The Morgan fingerprint density at radius 1 is 1.43 bits per heavy atom. The van der Waals surface area contributed by atoms with Crippen LogP contribution >= 0.6 is 0 Å². The van der Waals surface area contributed by atoms with Gasteiger partial charge in [-0.15, -0.1) is 0 Å². The molecule has 0 saturated carbocycles. The van der Waals surface area contributed by atoms with Gasteiger partial charge >= 0.3 is 0 Å². The Labute approximate surface area is 137 Å². The zero-order chi connectivity index (χ0) is 16.6. The van der Waals surface area contributed by atoms with Crippen LogP contribution in [0.3, 0.4) is 0 Å². The number of rotatable bonds is 4. The molecule has 1 saturated heterocycles. The normalized spacial score (nSPS) is 18.0. The molecule has 3 rings (SSSR count). The zero-order valence-electron chi connectivity index (χ0n) is 14.5. The summed E-state index contributed by atoms with van der Waals surface area (Å²) in [6.45, 7) is 8.39. The molecule has 1 atom stereocenters. The van der Waals surface area contributed by atoms with E-state index in [1.54, 1.807) is 6.26 Å². The monoisotopic (exact) mass is 314 g/mol. The van der Waals surface area contributed by atoms with Gasteiger partial charge in [-0.3, -0.25) is 4.79 Å². The van der Waals surface area contributed by atoms with Crippen molar-refractivity contribution in [2.45, 2.75) is 45.6 Å². The first kappa shape index (κ1) is 16.1. The summed E-state index contributed by atoms with van der Waals surface area (Å²) in [7, 11) is 1.91. The second-order valence-corrected chi connectivity index (χ2v) is 6.95. The summed E-state index contributed by atoms with van der Waals surface area (Å²) in [5, 5.41) is 4.38. The largest absolute Gasteiger partial charge is 0.464 e. The first-order valence-electron chi connectivity index (χ1n) is 8.44. The minimum Gasteiger partial charge on any atom is -0.464 e. The molecule has 1 unspecified atom stereocenters. The summed E-state index contributed by atoms with van der Waals surface area (Å²) in [6, 6.07) is 4.59. The summed E-state index contributed by atoms with van der Waals surface area (Å²) < 4.78 is 5.69. The fourth-order valence-corrected chi connectivity index (χ4v) is 3.46. The van der Waals surface area contributed by atoms with Crippen LogP contribution in [-0.4, -0.2) is 37.0 Å². The summed E-state index contributed by atoms with van der Waals surface area (Å²) in [4.78, 5) is 14.5. The molecule has 2 aromatic rings. The molecule has 1 aromatic carbocycles. The third kappa shape index (κ3) is 3.13. The Morgan fingerprint density at radius 3 is 2.87 bits per heavy atom. The second-order valence-electron chi connectivity index (χ2n) is 6.95. The Bertz CT molecular complexity index is 711. The van der Waals surface area contributed by atoms with Crippen molar-refractivity contribution in [3.63, 3.8) is 0 Å². The number of likely N-dealkylation sites (N-methyl/N-ethyl adjacent to an activating group) is 1. The smallest absolute Gasteiger partial charge is 0.227 e. The van der Waals surface area contributed by atoms with Crippen LogP contribution in [-0.2, 0) is 11.2 Å². The molecule has 0 radical (unpaired) electrons. The summed E-state index contributed by atoms with van der Waals surface area (Å²) in [6.07, 6.45) is 3.18. The van der Waals surface area contributed by atoms with Crippen LogP contribution in [0, 0.1) is 6.92 Å².